The van der Waals surface area contributed by atoms with Crippen molar-refractivity contribution in [2.24, 2.45) is 5.11 Å². The molecular weight excluding hydrogens is 296 g/mol. The Balaban J connectivity index is 2.54. The molecule has 0 aromatic carbocycles. The minimum Gasteiger partial charge on any atom is -0.387 e. The Morgan fingerprint density at radius 3 is 2.95 bits per heavy atom. The Morgan fingerprint density at radius 1 is 1.73 bits per heavy atom. The van der Waals surface area contributed by atoms with Gasteiger partial charge in [-0.3, -0.25) is 4.57 Å². The molecule has 1 aliphatic heterocycles. The zero-order valence-corrected chi connectivity index (χ0v) is 11.9. The summed E-state index contributed by atoms with van der Waals surface area (Å²) in [6, 6.07) is 1.33. The van der Waals surface area contributed by atoms with Gasteiger partial charge in [0, 0.05) is 18.2 Å². The van der Waals surface area contributed by atoms with Crippen molar-refractivity contribution in [1.82, 2.24) is 9.55 Å². The first-order chi connectivity index (χ1) is 10.3. The van der Waals surface area contributed by atoms with E-state index in [1.54, 1.807) is 0 Å². The van der Waals surface area contributed by atoms with Gasteiger partial charge in [-0.15, -0.1) is 0 Å². The van der Waals surface area contributed by atoms with Gasteiger partial charge in [0.05, 0.1) is 6.61 Å². The van der Waals surface area contributed by atoms with Gasteiger partial charge in [0.25, 0.3) is 0 Å². The van der Waals surface area contributed by atoms with Crippen LogP contribution in [0.15, 0.2) is 22.2 Å². The lowest BCUT2D eigenvalue weighted by molar-refractivity contribution is -0.133. The van der Waals surface area contributed by atoms with Crippen LogP contribution in [0.5, 0.6) is 0 Å². The SMILES string of the molecule is COC[C@@]1(N=[N+]=[N-])O[C@@H](n2ccc(N)nc2=O)[C@](C)(O)[C@@H]1O. The molecule has 0 saturated carbocycles. The van der Waals surface area contributed by atoms with Crippen LogP contribution in [0.1, 0.15) is 13.2 Å². The Hall–Kier alpha value is -2.17. The maximum atomic E-state index is 11.9. The van der Waals surface area contributed by atoms with Crippen LogP contribution in [0.3, 0.4) is 0 Å². The fourth-order valence-electron chi connectivity index (χ4n) is 2.41. The number of ether oxygens (including phenoxy) is 2. The van der Waals surface area contributed by atoms with Crippen LogP contribution in [0.2, 0.25) is 0 Å². The normalized spacial score (nSPS) is 34.4. The summed E-state index contributed by atoms with van der Waals surface area (Å²) in [6.45, 7) is 0.928. The number of azide groups is 1. The molecule has 11 nitrogen and oxygen atoms in total. The van der Waals surface area contributed by atoms with E-state index in [1.165, 1.54) is 26.3 Å². The molecule has 1 aliphatic rings. The third-order valence-electron chi connectivity index (χ3n) is 3.47. The zero-order valence-electron chi connectivity index (χ0n) is 11.9. The van der Waals surface area contributed by atoms with E-state index in [9.17, 15) is 15.0 Å². The standard InChI is InChI=1S/C11H16N6O5/c1-10(20)7(18)11(5-21-2,15-16-13)22-8(10)17-4-3-6(12)14-9(17)19/h3-4,7-8,18,20H,5H2,1-2H3,(H2,12,14,19)/t7-,8+,10+,11+/m0/s1. The van der Waals surface area contributed by atoms with E-state index < -0.39 is 29.3 Å². The molecule has 120 valence electrons. The van der Waals surface area contributed by atoms with Crippen molar-refractivity contribution >= 4 is 5.82 Å². The van der Waals surface area contributed by atoms with E-state index in [2.05, 4.69) is 15.0 Å². The van der Waals surface area contributed by atoms with Gasteiger partial charge in [-0.25, -0.2) is 4.79 Å². The van der Waals surface area contributed by atoms with Gasteiger partial charge in [0.2, 0.25) is 5.72 Å². The molecule has 1 aromatic heterocycles. The number of rotatable bonds is 4. The van der Waals surface area contributed by atoms with Gasteiger partial charge >= 0.3 is 5.69 Å². The lowest BCUT2D eigenvalue weighted by Gasteiger charge is -2.28. The number of aromatic nitrogens is 2. The molecule has 4 atom stereocenters. The molecule has 11 heteroatoms. The zero-order chi connectivity index (χ0) is 16.5. The van der Waals surface area contributed by atoms with E-state index in [-0.39, 0.29) is 12.4 Å². The summed E-state index contributed by atoms with van der Waals surface area (Å²) < 4.78 is 11.3. The highest BCUT2D eigenvalue weighted by Crippen LogP contribution is 2.44. The maximum Gasteiger partial charge on any atom is 0.351 e. The minimum atomic E-state index is -1.94. The number of hydrogen-bond donors (Lipinski definition) is 3. The molecular formula is C11H16N6O5. The first-order valence-electron chi connectivity index (χ1n) is 6.26. The molecule has 0 radical (unpaired) electrons. The van der Waals surface area contributed by atoms with Gasteiger partial charge in [-0.05, 0) is 18.5 Å². The summed E-state index contributed by atoms with van der Waals surface area (Å²) in [5.74, 6) is -0.00219. The van der Waals surface area contributed by atoms with Crippen molar-refractivity contribution in [2.75, 3.05) is 19.5 Å². The Bertz CT molecular complexity index is 669. The molecule has 1 saturated heterocycles. The van der Waals surface area contributed by atoms with Gasteiger partial charge in [0.15, 0.2) is 6.23 Å². The molecule has 1 aromatic rings. The number of aliphatic hydroxyl groups excluding tert-OH is 1. The van der Waals surface area contributed by atoms with Gasteiger partial charge in [0.1, 0.15) is 17.5 Å². The molecule has 0 amide bonds. The molecule has 2 rings (SSSR count). The second-order valence-corrected chi connectivity index (χ2v) is 5.11. The smallest absolute Gasteiger partial charge is 0.351 e. The quantitative estimate of drug-likeness (QED) is 0.368. The highest BCUT2D eigenvalue weighted by atomic mass is 16.6. The van der Waals surface area contributed by atoms with E-state index in [0.29, 0.717) is 0 Å². The number of anilines is 1. The molecule has 22 heavy (non-hydrogen) atoms. The van der Waals surface area contributed by atoms with Crippen LogP contribution >= 0.6 is 0 Å². The molecule has 0 aliphatic carbocycles. The van der Waals surface area contributed by atoms with E-state index in [4.69, 9.17) is 20.7 Å². The summed E-state index contributed by atoms with van der Waals surface area (Å²) >= 11 is 0. The van der Waals surface area contributed by atoms with E-state index >= 15 is 0 Å². The predicted octanol–water partition coefficient (Wildman–Crippen LogP) is -0.881. The number of nitrogens with two attached hydrogens (primary N) is 1. The Labute approximate surface area is 124 Å². The van der Waals surface area contributed by atoms with E-state index in [0.717, 1.165) is 4.57 Å². The predicted molar refractivity (Wildman–Crippen MR) is 73.4 cm³/mol. The highest BCUT2D eigenvalue weighted by molar-refractivity contribution is 5.24. The fourth-order valence-corrected chi connectivity index (χ4v) is 2.41. The summed E-state index contributed by atoms with van der Waals surface area (Å²) in [7, 11) is 1.31. The molecule has 0 unspecified atom stereocenters. The lowest BCUT2D eigenvalue weighted by atomic mass is 9.93. The summed E-state index contributed by atoms with van der Waals surface area (Å²) in [5, 5.41) is 24.3. The van der Waals surface area contributed by atoms with Crippen LogP contribution in [0, 0.1) is 0 Å². The average Bonchev–Trinajstić information content (AvgIpc) is 2.62. The van der Waals surface area contributed by atoms with Crippen LogP contribution in [0.25, 0.3) is 10.4 Å². The molecule has 2 heterocycles. The van der Waals surface area contributed by atoms with Crippen molar-refractivity contribution < 1.29 is 19.7 Å². The fraction of sp³-hybridized carbons (Fsp3) is 0.636. The third kappa shape index (κ3) is 2.40. The average molecular weight is 312 g/mol. The Kier molecular flexibility index (Phi) is 4.09. The van der Waals surface area contributed by atoms with E-state index in [1.807, 2.05) is 0 Å². The first kappa shape index (κ1) is 16.2. The van der Waals surface area contributed by atoms with Crippen LogP contribution in [0.4, 0.5) is 5.82 Å². The second-order valence-electron chi connectivity index (χ2n) is 5.11. The Morgan fingerprint density at radius 2 is 2.41 bits per heavy atom. The summed E-state index contributed by atoms with van der Waals surface area (Å²) in [4.78, 5) is 18.1. The summed E-state index contributed by atoms with van der Waals surface area (Å²) in [5.41, 5.74) is 9.49. The van der Waals surface area contributed by atoms with Crippen LogP contribution in [-0.4, -0.2) is 50.9 Å². The maximum absolute atomic E-state index is 11.9. The van der Waals surface area contributed by atoms with Gasteiger partial charge in [-0.2, -0.15) is 4.98 Å². The number of nitrogens with zero attached hydrogens (tertiary/aromatic N) is 5. The van der Waals surface area contributed by atoms with Gasteiger partial charge < -0.3 is 25.4 Å². The third-order valence-corrected chi connectivity index (χ3v) is 3.47. The molecule has 0 spiro atoms. The van der Waals surface area contributed by atoms with Crippen molar-refractivity contribution in [3.05, 3.63) is 33.2 Å². The number of hydrogen-bond acceptors (Lipinski definition) is 8. The summed E-state index contributed by atoms with van der Waals surface area (Å²) in [6.07, 6.45) is -1.72. The number of nitrogen functional groups attached to an aromatic ring is 1. The monoisotopic (exact) mass is 312 g/mol. The molecule has 1 fully saturated rings. The molecule has 0 bridgehead atoms. The number of aliphatic hydroxyl groups is 2. The van der Waals surface area contributed by atoms with Crippen molar-refractivity contribution in [3.8, 4) is 0 Å². The minimum absolute atomic E-state index is 0.00219. The number of methoxy groups -OCH3 is 1. The van der Waals surface area contributed by atoms with Crippen molar-refractivity contribution in [2.45, 2.75) is 30.6 Å². The molecule has 4 N–H and O–H groups in total. The highest BCUT2D eigenvalue weighted by Gasteiger charge is 2.62. The van der Waals surface area contributed by atoms with Crippen LogP contribution in [-0.2, 0) is 9.47 Å². The van der Waals surface area contributed by atoms with Crippen molar-refractivity contribution in [1.29, 1.82) is 0 Å². The van der Waals surface area contributed by atoms with Crippen molar-refractivity contribution in [3.63, 3.8) is 0 Å². The van der Waals surface area contributed by atoms with Gasteiger partial charge in [-0.1, -0.05) is 5.11 Å². The topological polar surface area (TPSA) is 169 Å². The lowest BCUT2D eigenvalue weighted by Crippen LogP contribution is -2.50. The first-order valence-corrected chi connectivity index (χ1v) is 6.26. The second kappa shape index (κ2) is 5.55. The van der Waals surface area contributed by atoms with Crippen LogP contribution < -0.4 is 11.4 Å². The largest absolute Gasteiger partial charge is 0.387 e.